The Balaban J connectivity index is 3.33. The molecule has 0 aromatic rings. The van der Waals surface area contributed by atoms with E-state index in [2.05, 4.69) is 25.3 Å². The van der Waals surface area contributed by atoms with Gasteiger partial charge in [0.2, 0.25) is 0 Å². The van der Waals surface area contributed by atoms with E-state index < -0.39 is 8.32 Å². The number of esters is 1. The van der Waals surface area contributed by atoms with Crippen LogP contribution < -0.4 is 5.32 Å². The summed E-state index contributed by atoms with van der Waals surface area (Å²) in [7, 11) is -1.41. The maximum absolute atomic E-state index is 11.1. The Morgan fingerprint density at radius 3 is 2.39 bits per heavy atom. The van der Waals surface area contributed by atoms with Gasteiger partial charge in [-0.15, -0.1) is 0 Å². The van der Waals surface area contributed by atoms with Crippen LogP contribution in [0.25, 0.3) is 0 Å². The predicted octanol–water partition coefficient (Wildman–Crippen LogP) is 2.55. The highest BCUT2D eigenvalue weighted by atomic mass is 28.4. The third kappa shape index (κ3) is 10.7. The first-order valence-corrected chi connectivity index (χ1v) is 10.1. The lowest BCUT2D eigenvalue weighted by molar-refractivity contribution is -0.143. The number of nitrogens with one attached hydrogen (secondary N) is 1. The van der Waals surface area contributed by atoms with Crippen molar-refractivity contribution in [1.82, 2.24) is 5.32 Å². The van der Waals surface area contributed by atoms with E-state index in [-0.39, 0.29) is 5.97 Å². The van der Waals surface area contributed by atoms with Crippen LogP contribution in [0.1, 0.15) is 33.1 Å². The Bertz CT molecular complexity index is 222. The molecule has 0 spiro atoms. The molecule has 0 heterocycles. The van der Waals surface area contributed by atoms with Crippen LogP contribution in [0.5, 0.6) is 0 Å². The molecule has 0 amide bonds. The van der Waals surface area contributed by atoms with Crippen molar-refractivity contribution in [2.24, 2.45) is 0 Å². The monoisotopic (exact) mass is 275 g/mol. The van der Waals surface area contributed by atoms with Crippen molar-refractivity contribution in [1.29, 1.82) is 0 Å². The fourth-order valence-electron chi connectivity index (χ4n) is 1.82. The summed E-state index contributed by atoms with van der Waals surface area (Å²) in [5.41, 5.74) is 0. The number of hydrogen-bond acceptors (Lipinski definition) is 4. The molecule has 0 bridgehead atoms. The van der Waals surface area contributed by atoms with Crippen LogP contribution >= 0.6 is 0 Å². The Morgan fingerprint density at radius 1 is 1.11 bits per heavy atom. The normalized spacial score (nSPS) is 11.6. The maximum atomic E-state index is 11.1. The largest absolute Gasteiger partial charge is 0.466 e. The van der Waals surface area contributed by atoms with Crippen molar-refractivity contribution in [3.05, 3.63) is 0 Å². The molecule has 0 aliphatic heterocycles. The predicted molar refractivity (Wildman–Crippen MR) is 77.3 cm³/mol. The number of carbonyl (C=O) groups excluding carboxylic acids is 1. The molecule has 0 rings (SSSR count). The van der Waals surface area contributed by atoms with Gasteiger partial charge in [-0.25, -0.2) is 0 Å². The van der Waals surface area contributed by atoms with Gasteiger partial charge in [0, 0.05) is 13.0 Å². The maximum Gasteiger partial charge on any atom is 0.305 e. The summed E-state index contributed by atoms with van der Waals surface area (Å²) in [6.07, 6.45) is 2.52. The van der Waals surface area contributed by atoms with Crippen LogP contribution in [-0.4, -0.2) is 40.6 Å². The smallest absolute Gasteiger partial charge is 0.305 e. The summed E-state index contributed by atoms with van der Waals surface area (Å²) in [6, 6.07) is 1.19. The van der Waals surface area contributed by atoms with E-state index in [0.717, 1.165) is 32.5 Å². The molecule has 0 aromatic heterocycles. The Kier molecular flexibility index (Phi) is 10.3. The molecule has 0 aromatic carbocycles. The summed E-state index contributed by atoms with van der Waals surface area (Å²) in [5, 5.41) is 3.36. The van der Waals surface area contributed by atoms with Crippen molar-refractivity contribution >= 4 is 14.3 Å². The average Bonchev–Trinajstić information content (AvgIpc) is 2.28. The first-order valence-electron chi connectivity index (χ1n) is 7.02. The van der Waals surface area contributed by atoms with Gasteiger partial charge in [0.1, 0.15) is 0 Å². The SMILES string of the molecule is CCOC(=O)CCCNCCC[Si](C)(C)OCC. The highest BCUT2D eigenvalue weighted by Crippen LogP contribution is 2.12. The summed E-state index contributed by atoms with van der Waals surface area (Å²) in [4.78, 5) is 11.1. The summed E-state index contributed by atoms with van der Waals surface area (Å²) >= 11 is 0. The van der Waals surface area contributed by atoms with E-state index in [1.807, 2.05) is 6.92 Å². The van der Waals surface area contributed by atoms with Crippen LogP contribution in [0.15, 0.2) is 0 Å². The first-order chi connectivity index (χ1) is 8.52. The van der Waals surface area contributed by atoms with Crippen molar-refractivity contribution < 1.29 is 14.0 Å². The molecule has 0 fully saturated rings. The van der Waals surface area contributed by atoms with Gasteiger partial charge in [-0.1, -0.05) is 0 Å². The second-order valence-electron chi connectivity index (χ2n) is 4.95. The van der Waals surface area contributed by atoms with E-state index >= 15 is 0 Å². The van der Waals surface area contributed by atoms with E-state index in [1.54, 1.807) is 0 Å². The Labute approximate surface area is 113 Å². The van der Waals surface area contributed by atoms with E-state index in [0.29, 0.717) is 13.0 Å². The molecule has 0 aliphatic carbocycles. The standard InChI is InChI=1S/C13H29NO3Si/c1-5-16-13(15)9-7-10-14-11-8-12-18(3,4)17-6-2/h14H,5-12H2,1-4H3. The minimum atomic E-state index is -1.41. The van der Waals surface area contributed by atoms with Crippen molar-refractivity contribution in [3.63, 3.8) is 0 Å². The van der Waals surface area contributed by atoms with Gasteiger partial charge in [0.25, 0.3) is 0 Å². The molecule has 0 unspecified atom stereocenters. The first kappa shape index (κ1) is 17.6. The van der Waals surface area contributed by atoms with Gasteiger partial charge < -0.3 is 14.5 Å². The zero-order valence-corrected chi connectivity index (χ0v) is 13.4. The van der Waals surface area contributed by atoms with Crippen molar-refractivity contribution in [2.45, 2.75) is 52.2 Å². The number of rotatable bonds is 11. The number of hydrogen-bond donors (Lipinski definition) is 1. The second-order valence-corrected chi connectivity index (χ2v) is 9.26. The van der Waals surface area contributed by atoms with E-state index in [4.69, 9.17) is 9.16 Å². The van der Waals surface area contributed by atoms with Crippen LogP contribution in [0.4, 0.5) is 0 Å². The fourth-order valence-corrected chi connectivity index (χ4v) is 3.77. The molecule has 108 valence electrons. The van der Waals surface area contributed by atoms with Gasteiger partial charge in [-0.3, -0.25) is 4.79 Å². The molecule has 0 saturated heterocycles. The number of ether oxygens (including phenoxy) is 1. The second kappa shape index (κ2) is 10.5. The molecule has 4 nitrogen and oxygen atoms in total. The molecule has 0 atom stereocenters. The third-order valence-electron chi connectivity index (χ3n) is 2.71. The lowest BCUT2D eigenvalue weighted by Gasteiger charge is -2.21. The minimum Gasteiger partial charge on any atom is -0.466 e. The molecule has 0 radical (unpaired) electrons. The van der Waals surface area contributed by atoms with E-state index in [9.17, 15) is 4.79 Å². The van der Waals surface area contributed by atoms with Gasteiger partial charge in [-0.05, 0) is 58.9 Å². The molecule has 5 heteroatoms. The summed E-state index contributed by atoms with van der Waals surface area (Å²) in [5.74, 6) is -0.0933. The topological polar surface area (TPSA) is 47.6 Å². The lowest BCUT2D eigenvalue weighted by atomic mass is 10.3. The molecule has 0 saturated carbocycles. The van der Waals surface area contributed by atoms with Gasteiger partial charge in [-0.2, -0.15) is 0 Å². The van der Waals surface area contributed by atoms with Crippen LogP contribution in [0.3, 0.4) is 0 Å². The zero-order valence-electron chi connectivity index (χ0n) is 12.4. The summed E-state index contributed by atoms with van der Waals surface area (Å²) in [6.45, 7) is 11.6. The van der Waals surface area contributed by atoms with Crippen LogP contribution in [0.2, 0.25) is 19.1 Å². The fraction of sp³-hybridized carbons (Fsp3) is 0.923. The van der Waals surface area contributed by atoms with Crippen LogP contribution in [0, 0.1) is 0 Å². The molecular formula is C13H29NO3Si. The van der Waals surface area contributed by atoms with Crippen molar-refractivity contribution in [3.8, 4) is 0 Å². The molecule has 1 N–H and O–H groups in total. The lowest BCUT2D eigenvalue weighted by Crippen LogP contribution is -2.31. The molecule has 18 heavy (non-hydrogen) atoms. The number of carbonyl (C=O) groups is 1. The van der Waals surface area contributed by atoms with Gasteiger partial charge in [0.15, 0.2) is 8.32 Å². The highest BCUT2D eigenvalue weighted by molar-refractivity contribution is 6.71. The highest BCUT2D eigenvalue weighted by Gasteiger charge is 2.20. The zero-order chi connectivity index (χ0) is 13.9. The average molecular weight is 275 g/mol. The Morgan fingerprint density at radius 2 is 1.78 bits per heavy atom. The van der Waals surface area contributed by atoms with Crippen LogP contribution in [-0.2, 0) is 14.0 Å². The van der Waals surface area contributed by atoms with Gasteiger partial charge >= 0.3 is 5.97 Å². The third-order valence-corrected chi connectivity index (χ3v) is 5.34. The summed E-state index contributed by atoms with van der Waals surface area (Å²) < 4.78 is 10.6. The molecule has 0 aliphatic rings. The molecular weight excluding hydrogens is 246 g/mol. The minimum absolute atomic E-state index is 0.0933. The van der Waals surface area contributed by atoms with Crippen molar-refractivity contribution in [2.75, 3.05) is 26.3 Å². The Hall–Kier alpha value is -0.393. The van der Waals surface area contributed by atoms with Gasteiger partial charge in [0.05, 0.1) is 6.61 Å². The quantitative estimate of drug-likeness (QED) is 0.358. The van der Waals surface area contributed by atoms with E-state index in [1.165, 1.54) is 6.04 Å².